The number of hydrogen-bond acceptors (Lipinski definition) is 6. The number of rotatable bonds is 10. The van der Waals surface area contributed by atoms with Gasteiger partial charge in [-0.15, -0.1) is 16.8 Å². The molecule has 10 heteroatoms. The fourth-order valence-corrected chi connectivity index (χ4v) is 3.63. The second kappa shape index (κ2) is 10.8. The van der Waals surface area contributed by atoms with Gasteiger partial charge in [-0.25, -0.2) is 8.78 Å². The number of hydrogen-bond donors (Lipinski definition) is 1. The molecule has 0 fully saturated rings. The molecule has 168 valence electrons. The van der Waals surface area contributed by atoms with Crippen LogP contribution in [0.15, 0.2) is 60.3 Å². The molecule has 1 aromatic heterocycles. The summed E-state index contributed by atoms with van der Waals surface area (Å²) in [5.74, 6) is -0.265. The molecule has 1 unspecified atom stereocenters. The maximum atomic E-state index is 13.7. The number of aromatic nitrogens is 3. The first-order chi connectivity index (χ1) is 15.4. The molecule has 0 spiro atoms. The molecule has 0 bridgehead atoms. The summed E-state index contributed by atoms with van der Waals surface area (Å²) in [7, 11) is 1.56. The molecule has 1 N–H and O–H groups in total. The molecule has 0 radical (unpaired) electrons. The fraction of sp³-hybridized carbons (Fsp3) is 0.227. The van der Waals surface area contributed by atoms with Crippen LogP contribution in [0.3, 0.4) is 0 Å². The minimum atomic E-state index is -0.718. The Kier molecular flexibility index (Phi) is 7.82. The number of halogens is 2. The summed E-state index contributed by atoms with van der Waals surface area (Å²) in [4.78, 5) is 12.2. The topological polar surface area (TPSA) is 78.3 Å². The second-order valence-corrected chi connectivity index (χ2v) is 7.55. The number of anilines is 1. The van der Waals surface area contributed by atoms with Crippen molar-refractivity contribution in [3.8, 4) is 11.5 Å². The molecule has 0 aliphatic rings. The Morgan fingerprint density at radius 3 is 2.72 bits per heavy atom. The van der Waals surface area contributed by atoms with Crippen molar-refractivity contribution in [2.75, 3.05) is 18.2 Å². The first kappa shape index (κ1) is 23.3. The average Bonchev–Trinajstić information content (AvgIpc) is 3.18. The minimum Gasteiger partial charge on any atom is -0.493 e. The number of nitrogens with one attached hydrogen (secondary N) is 1. The van der Waals surface area contributed by atoms with E-state index in [0.717, 1.165) is 30.0 Å². The molecular weight excluding hydrogens is 438 g/mol. The van der Waals surface area contributed by atoms with E-state index in [9.17, 15) is 13.6 Å². The van der Waals surface area contributed by atoms with Gasteiger partial charge in [-0.05, 0) is 31.2 Å². The summed E-state index contributed by atoms with van der Waals surface area (Å²) in [5, 5.41) is 11.2. The van der Waals surface area contributed by atoms with Gasteiger partial charge in [-0.1, -0.05) is 30.0 Å². The van der Waals surface area contributed by atoms with E-state index in [1.54, 1.807) is 29.9 Å². The van der Waals surface area contributed by atoms with E-state index in [2.05, 4.69) is 22.1 Å². The zero-order valence-corrected chi connectivity index (χ0v) is 18.4. The summed E-state index contributed by atoms with van der Waals surface area (Å²) in [6, 6.07) is 10.1. The lowest BCUT2D eigenvalue weighted by molar-refractivity contribution is -0.113. The third-order valence-electron chi connectivity index (χ3n) is 4.33. The lowest BCUT2D eigenvalue weighted by atomic mass is 10.3. The van der Waals surface area contributed by atoms with Crippen LogP contribution >= 0.6 is 11.8 Å². The molecule has 32 heavy (non-hydrogen) atoms. The Balaban J connectivity index is 1.70. The first-order valence-electron chi connectivity index (χ1n) is 9.64. The molecule has 1 heterocycles. The number of carbonyl (C=O) groups excluding carboxylic acids is 1. The predicted molar refractivity (Wildman–Crippen MR) is 118 cm³/mol. The van der Waals surface area contributed by atoms with Crippen molar-refractivity contribution in [2.45, 2.75) is 24.7 Å². The summed E-state index contributed by atoms with van der Waals surface area (Å²) in [6.45, 7) is 5.97. The number of thioether (sulfide) groups is 1. The third-order valence-corrected chi connectivity index (χ3v) is 5.30. The van der Waals surface area contributed by atoms with Gasteiger partial charge in [0.15, 0.2) is 28.6 Å². The van der Waals surface area contributed by atoms with Crippen LogP contribution in [-0.2, 0) is 11.3 Å². The van der Waals surface area contributed by atoms with E-state index >= 15 is 0 Å². The molecular formula is C22H22F2N4O3S. The smallest absolute Gasteiger partial charge is 0.234 e. The van der Waals surface area contributed by atoms with Crippen molar-refractivity contribution >= 4 is 23.4 Å². The largest absolute Gasteiger partial charge is 0.493 e. The maximum absolute atomic E-state index is 13.7. The van der Waals surface area contributed by atoms with Crippen molar-refractivity contribution in [1.29, 1.82) is 0 Å². The number of benzene rings is 2. The van der Waals surface area contributed by atoms with Crippen LogP contribution in [0.4, 0.5) is 14.5 Å². The number of ether oxygens (including phenoxy) is 2. The van der Waals surface area contributed by atoms with Gasteiger partial charge >= 0.3 is 0 Å². The Labute approximate surface area is 188 Å². The highest BCUT2D eigenvalue weighted by Gasteiger charge is 2.21. The highest BCUT2D eigenvalue weighted by atomic mass is 32.2. The van der Waals surface area contributed by atoms with E-state index in [1.165, 1.54) is 0 Å². The summed E-state index contributed by atoms with van der Waals surface area (Å²) in [5.41, 5.74) is -0.220. The van der Waals surface area contributed by atoms with Crippen LogP contribution in [0.25, 0.3) is 0 Å². The zero-order chi connectivity index (χ0) is 23.1. The van der Waals surface area contributed by atoms with Crippen LogP contribution in [0.5, 0.6) is 11.5 Å². The van der Waals surface area contributed by atoms with Crippen LogP contribution in [0.1, 0.15) is 18.9 Å². The molecule has 0 saturated carbocycles. The van der Waals surface area contributed by atoms with E-state index in [1.807, 2.05) is 19.1 Å². The Morgan fingerprint density at radius 2 is 2.00 bits per heavy atom. The zero-order valence-electron chi connectivity index (χ0n) is 17.5. The highest BCUT2D eigenvalue weighted by Crippen LogP contribution is 2.31. The number of allylic oxidation sites excluding steroid dienone is 1. The van der Waals surface area contributed by atoms with Crippen molar-refractivity contribution in [3.05, 3.63) is 72.6 Å². The normalized spacial score (nSPS) is 11.6. The molecule has 3 aromatic rings. The Morgan fingerprint density at radius 1 is 1.25 bits per heavy atom. The molecule has 3 rings (SSSR count). The van der Waals surface area contributed by atoms with Crippen LogP contribution in [0.2, 0.25) is 0 Å². The number of amides is 1. The molecule has 0 aliphatic heterocycles. The first-order valence-corrected chi connectivity index (χ1v) is 10.6. The van der Waals surface area contributed by atoms with Gasteiger partial charge in [0.2, 0.25) is 5.91 Å². The van der Waals surface area contributed by atoms with Crippen molar-refractivity contribution in [1.82, 2.24) is 14.8 Å². The molecule has 2 aromatic carbocycles. The lowest BCUT2D eigenvalue weighted by Crippen LogP contribution is -2.16. The third kappa shape index (κ3) is 5.64. The van der Waals surface area contributed by atoms with E-state index in [0.29, 0.717) is 29.0 Å². The van der Waals surface area contributed by atoms with Gasteiger partial charge < -0.3 is 14.8 Å². The highest BCUT2D eigenvalue weighted by molar-refractivity contribution is 7.99. The maximum Gasteiger partial charge on any atom is 0.234 e. The van der Waals surface area contributed by atoms with Crippen molar-refractivity contribution in [3.63, 3.8) is 0 Å². The number of para-hydroxylation sites is 2. The summed E-state index contributed by atoms with van der Waals surface area (Å²) in [6.07, 6.45) is 1.21. The number of methoxy groups -OCH3 is 1. The van der Waals surface area contributed by atoms with E-state index in [-0.39, 0.29) is 11.4 Å². The fourth-order valence-electron chi connectivity index (χ4n) is 2.88. The van der Waals surface area contributed by atoms with E-state index in [4.69, 9.17) is 9.47 Å². The SMILES string of the molecule is C=CCn1c(SCC(=O)Nc2cc(F)ccc2F)nnc1C(C)Oc1ccccc1OC. The number of nitrogens with zero attached hydrogens (tertiary/aromatic N) is 3. The molecule has 1 amide bonds. The minimum absolute atomic E-state index is 0.0764. The van der Waals surface area contributed by atoms with E-state index < -0.39 is 23.6 Å². The van der Waals surface area contributed by atoms with Gasteiger partial charge in [0.05, 0.1) is 18.6 Å². The monoisotopic (exact) mass is 460 g/mol. The predicted octanol–water partition coefficient (Wildman–Crippen LogP) is 4.62. The van der Waals surface area contributed by atoms with Crippen LogP contribution < -0.4 is 14.8 Å². The van der Waals surface area contributed by atoms with Crippen LogP contribution in [-0.4, -0.2) is 33.5 Å². The molecule has 0 saturated heterocycles. The lowest BCUT2D eigenvalue weighted by Gasteiger charge is -2.17. The summed E-state index contributed by atoms with van der Waals surface area (Å²) < 4.78 is 40.1. The van der Waals surface area contributed by atoms with Crippen molar-refractivity contribution < 1.29 is 23.0 Å². The van der Waals surface area contributed by atoms with Gasteiger partial charge in [0.1, 0.15) is 11.6 Å². The van der Waals surface area contributed by atoms with Gasteiger partial charge in [-0.3, -0.25) is 9.36 Å². The average molecular weight is 461 g/mol. The molecule has 7 nitrogen and oxygen atoms in total. The quantitative estimate of drug-likeness (QED) is 0.351. The molecule has 1 atom stereocenters. The van der Waals surface area contributed by atoms with Gasteiger partial charge in [0.25, 0.3) is 0 Å². The second-order valence-electron chi connectivity index (χ2n) is 6.61. The Bertz CT molecular complexity index is 1110. The van der Waals surface area contributed by atoms with Gasteiger partial charge in [0, 0.05) is 12.6 Å². The summed E-state index contributed by atoms with van der Waals surface area (Å²) >= 11 is 1.11. The van der Waals surface area contributed by atoms with Gasteiger partial charge in [-0.2, -0.15) is 0 Å². The van der Waals surface area contributed by atoms with Crippen molar-refractivity contribution in [2.24, 2.45) is 0 Å². The standard InChI is InChI=1S/C22H22F2N4O3S/c1-4-11-28-21(14(2)31-19-8-6-5-7-18(19)30-3)26-27-22(28)32-13-20(29)25-17-12-15(23)9-10-16(17)24/h4-10,12,14H,1,11,13H2,2-3H3,(H,25,29). The van der Waals surface area contributed by atoms with Crippen LogP contribution in [0, 0.1) is 11.6 Å². The number of carbonyl (C=O) groups is 1. The molecule has 0 aliphatic carbocycles. The Hall–Kier alpha value is -3.40.